The Morgan fingerprint density at radius 2 is 2.07 bits per heavy atom. The van der Waals surface area contributed by atoms with E-state index in [4.69, 9.17) is 9.92 Å². The van der Waals surface area contributed by atoms with Crippen LogP contribution in [0.3, 0.4) is 0 Å². The van der Waals surface area contributed by atoms with Crippen LogP contribution in [0.1, 0.15) is 12.5 Å². The molecule has 0 saturated heterocycles. The molecule has 0 heterocycles. The van der Waals surface area contributed by atoms with Crippen molar-refractivity contribution >= 4 is 17.9 Å². The number of carbonyl (C=O) groups is 1. The third-order valence-electron chi connectivity index (χ3n) is 1.98. The summed E-state index contributed by atoms with van der Waals surface area (Å²) in [7, 11) is 0. The Morgan fingerprint density at radius 1 is 1.47 bits per heavy atom. The van der Waals surface area contributed by atoms with E-state index < -0.39 is 0 Å². The van der Waals surface area contributed by atoms with Gasteiger partial charge in [-0.3, -0.25) is 4.79 Å². The number of nitrogens with two attached hydrogens (primary N) is 1. The van der Waals surface area contributed by atoms with Gasteiger partial charge in [-0.1, -0.05) is 24.6 Å². The minimum absolute atomic E-state index is 0.247. The van der Waals surface area contributed by atoms with E-state index in [0.717, 1.165) is 4.90 Å². The Morgan fingerprint density at radius 3 is 2.60 bits per heavy atom. The summed E-state index contributed by atoms with van der Waals surface area (Å²) in [6, 6.07) is 8.00. The lowest BCUT2D eigenvalue weighted by molar-refractivity contribution is -0.121. The molecule has 1 rings (SSSR count). The molecule has 1 unspecified atom stereocenters. The minimum atomic E-state index is -0.334. The maximum atomic E-state index is 10.7. The smallest absolute Gasteiger partial charge is 0.222 e. The van der Waals surface area contributed by atoms with Crippen LogP contribution in [0.25, 0.3) is 0 Å². The largest absolute Gasteiger partial charge is 0.369 e. The second-order valence-electron chi connectivity index (χ2n) is 3.48. The van der Waals surface area contributed by atoms with Gasteiger partial charge in [0.1, 0.15) is 0 Å². The molecule has 15 heavy (non-hydrogen) atoms. The van der Waals surface area contributed by atoms with E-state index >= 15 is 0 Å². The fourth-order valence-corrected chi connectivity index (χ4v) is 1.54. The van der Waals surface area contributed by atoms with Gasteiger partial charge in [0.15, 0.2) is 0 Å². The third-order valence-corrected chi connectivity index (χ3v) is 2.70. The Bertz CT molecular complexity index is 324. The summed E-state index contributed by atoms with van der Waals surface area (Å²) in [6.07, 6.45) is 0. The quantitative estimate of drug-likeness (QED) is 0.781. The maximum absolute atomic E-state index is 10.7. The summed E-state index contributed by atoms with van der Waals surface area (Å²) in [5.74, 6) is -0.581. The zero-order valence-corrected chi connectivity index (χ0v) is 9.71. The minimum Gasteiger partial charge on any atom is -0.369 e. The van der Waals surface area contributed by atoms with Gasteiger partial charge in [-0.2, -0.15) is 0 Å². The van der Waals surface area contributed by atoms with Crippen molar-refractivity contribution in [1.29, 1.82) is 0 Å². The standard InChI is InChI=1S/C11H15NO2S/c1-8-3-5-10(6-4-8)15-14-7-9(2)11(12)13/h3-6,9H,7H2,1-2H3,(H2,12,13). The van der Waals surface area contributed by atoms with Gasteiger partial charge in [0.25, 0.3) is 0 Å². The normalized spacial score (nSPS) is 12.4. The highest BCUT2D eigenvalue weighted by Crippen LogP contribution is 2.19. The van der Waals surface area contributed by atoms with Crippen molar-refractivity contribution in [2.75, 3.05) is 6.61 Å². The van der Waals surface area contributed by atoms with Crippen LogP contribution in [0.4, 0.5) is 0 Å². The zero-order valence-electron chi connectivity index (χ0n) is 8.90. The number of benzene rings is 1. The van der Waals surface area contributed by atoms with Gasteiger partial charge >= 0.3 is 0 Å². The summed E-state index contributed by atoms with van der Waals surface area (Å²) in [6.45, 7) is 4.12. The monoisotopic (exact) mass is 225 g/mol. The van der Waals surface area contributed by atoms with Crippen LogP contribution < -0.4 is 5.73 Å². The van der Waals surface area contributed by atoms with E-state index in [1.54, 1.807) is 6.92 Å². The topological polar surface area (TPSA) is 52.3 Å². The SMILES string of the molecule is Cc1ccc(SOCC(C)C(N)=O)cc1. The second kappa shape index (κ2) is 5.78. The highest BCUT2D eigenvalue weighted by atomic mass is 32.2. The molecule has 0 radical (unpaired) electrons. The average Bonchev–Trinajstić information content (AvgIpc) is 2.20. The average molecular weight is 225 g/mol. The van der Waals surface area contributed by atoms with Crippen molar-refractivity contribution in [3.63, 3.8) is 0 Å². The van der Waals surface area contributed by atoms with Gasteiger partial charge in [0, 0.05) is 16.9 Å². The highest BCUT2D eigenvalue weighted by Gasteiger charge is 2.08. The molecule has 0 aromatic heterocycles. The molecule has 82 valence electrons. The molecule has 1 aromatic carbocycles. The molecule has 0 bridgehead atoms. The predicted molar refractivity (Wildman–Crippen MR) is 61.3 cm³/mol. The Labute approximate surface area is 94.2 Å². The van der Waals surface area contributed by atoms with E-state index in [1.165, 1.54) is 17.6 Å². The lowest BCUT2D eigenvalue weighted by atomic mass is 10.2. The summed E-state index contributed by atoms with van der Waals surface area (Å²) in [5.41, 5.74) is 6.32. The fourth-order valence-electron chi connectivity index (χ4n) is 0.880. The Balaban J connectivity index is 2.32. The molecule has 0 aliphatic carbocycles. The molecule has 2 N–H and O–H groups in total. The van der Waals surface area contributed by atoms with Gasteiger partial charge in [-0.05, 0) is 19.1 Å². The molecule has 0 aliphatic rings. The van der Waals surface area contributed by atoms with E-state index in [9.17, 15) is 4.79 Å². The van der Waals surface area contributed by atoms with Crippen LogP contribution >= 0.6 is 12.0 Å². The van der Waals surface area contributed by atoms with Crippen LogP contribution in [0.15, 0.2) is 29.2 Å². The lowest BCUT2D eigenvalue weighted by Crippen LogP contribution is -2.23. The molecular formula is C11H15NO2S. The Hall–Kier alpha value is -1.00. The summed E-state index contributed by atoms with van der Waals surface area (Å²) in [5, 5.41) is 0. The van der Waals surface area contributed by atoms with Gasteiger partial charge in [0.05, 0.1) is 12.5 Å². The lowest BCUT2D eigenvalue weighted by Gasteiger charge is -2.06. The first-order valence-corrected chi connectivity index (χ1v) is 5.49. The number of amides is 1. The van der Waals surface area contributed by atoms with Crippen LogP contribution in [0.5, 0.6) is 0 Å². The molecule has 0 saturated carbocycles. The van der Waals surface area contributed by atoms with Crippen molar-refractivity contribution in [2.45, 2.75) is 18.7 Å². The van der Waals surface area contributed by atoms with E-state index in [0.29, 0.717) is 6.61 Å². The van der Waals surface area contributed by atoms with Gasteiger partial charge in [-0.15, -0.1) is 0 Å². The molecule has 1 aromatic rings. The van der Waals surface area contributed by atoms with Crippen LogP contribution in [-0.4, -0.2) is 12.5 Å². The van der Waals surface area contributed by atoms with Crippen molar-refractivity contribution < 1.29 is 8.98 Å². The molecule has 0 spiro atoms. The summed E-state index contributed by atoms with van der Waals surface area (Å²) >= 11 is 1.27. The summed E-state index contributed by atoms with van der Waals surface area (Å²) < 4.78 is 5.30. The number of primary amides is 1. The summed E-state index contributed by atoms with van der Waals surface area (Å²) in [4.78, 5) is 11.7. The van der Waals surface area contributed by atoms with Crippen LogP contribution in [0.2, 0.25) is 0 Å². The van der Waals surface area contributed by atoms with Gasteiger partial charge < -0.3 is 9.92 Å². The van der Waals surface area contributed by atoms with Crippen molar-refractivity contribution in [3.05, 3.63) is 29.8 Å². The number of rotatable bonds is 5. The fraction of sp³-hybridized carbons (Fsp3) is 0.364. The van der Waals surface area contributed by atoms with Crippen molar-refractivity contribution in [3.8, 4) is 0 Å². The van der Waals surface area contributed by atoms with Crippen molar-refractivity contribution in [2.24, 2.45) is 11.7 Å². The molecule has 1 amide bonds. The van der Waals surface area contributed by atoms with E-state index in [1.807, 2.05) is 31.2 Å². The molecule has 0 aliphatic heterocycles. The molecular weight excluding hydrogens is 210 g/mol. The van der Waals surface area contributed by atoms with Crippen LogP contribution in [-0.2, 0) is 8.98 Å². The van der Waals surface area contributed by atoms with E-state index in [2.05, 4.69) is 0 Å². The molecule has 1 atom stereocenters. The zero-order chi connectivity index (χ0) is 11.3. The number of hydrogen-bond acceptors (Lipinski definition) is 3. The van der Waals surface area contributed by atoms with E-state index in [-0.39, 0.29) is 11.8 Å². The first kappa shape index (κ1) is 12.1. The maximum Gasteiger partial charge on any atom is 0.222 e. The Kier molecular flexibility index (Phi) is 4.65. The van der Waals surface area contributed by atoms with Crippen molar-refractivity contribution in [1.82, 2.24) is 0 Å². The second-order valence-corrected chi connectivity index (χ2v) is 4.36. The van der Waals surface area contributed by atoms with Gasteiger partial charge in [0.2, 0.25) is 5.91 Å². The van der Waals surface area contributed by atoms with Gasteiger partial charge in [-0.25, -0.2) is 0 Å². The highest BCUT2D eigenvalue weighted by molar-refractivity contribution is 7.94. The first-order valence-electron chi connectivity index (χ1n) is 4.75. The number of hydrogen-bond donors (Lipinski definition) is 1. The molecule has 3 nitrogen and oxygen atoms in total. The van der Waals surface area contributed by atoms with Crippen LogP contribution in [0, 0.1) is 12.8 Å². The predicted octanol–water partition coefficient (Wildman–Crippen LogP) is 2.14. The number of carbonyl (C=O) groups excluding carboxylic acids is 1. The number of aryl methyl sites for hydroxylation is 1. The molecule has 4 heteroatoms. The molecule has 0 fully saturated rings. The first-order chi connectivity index (χ1) is 7.09. The third kappa shape index (κ3) is 4.36.